The summed E-state index contributed by atoms with van der Waals surface area (Å²) in [5.41, 5.74) is 0.0895. The van der Waals surface area contributed by atoms with Gasteiger partial charge in [0.1, 0.15) is 6.26 Å². The summed E-state index contributed by atoms with van der Waals surface area (Å²) in [5.74, 6) is -0.623. The van der Waals surface area contributed by atoms with Crippen molar-refractivity contribution < 1.29 is 22.4 Å². The topological polar surface area (TPSA) is 73.6 Å². The van der Waals surface area contributed by atoms with Crippen LogP contribution in [-0.4, -0.2) is 21.5 Å². The van der Waals surface area contributed by atoms with E-state index in [-0.39, 0.29) is 10.7 Å². The van der Waals surface area contributed by atoms with E-state index < -0.39 is 16.7 Å². The maximum atomic E-state index is 10.8. The van der Waals surface area contributed by atoms with Gasteiger partial charge < -0.3 is 9.15 Å². The van der Waals surface area contributed by atoms with Crippen molar-refractivity contribution in [3.63, 3.8) is 0 Å². The normalized spacial score (nSPS) is 10.2. The van der Waals surface area contributed by atoms with E-state index in [1.165, 1.54) is 7.11 Å². The van der Waals surface area contributed by atoms with E-state index in [4.69, 9.17) is 0 Å². The first-order chi connectivity index (χ1) is 5.65. The molecule has 6 heteroatoms. The Morgan fingerprint density at radius 1 is 1.58 bits per heavy atom. The molecule has 0 aliphatic carbocycles. The molecule has 0 N–H and O–H groups in total. The van der Waals surface area contributed by atoms with E-state index >= 15 is 0 Å². The van der Waals surface area contributed by atoms with Crippen molar-refractivity contribution in [2.75, 3.05) is 7.11 Å². The number of hydrogen-bond acceptors (Lipinski definition) is 5. The number of thiol groups is 1. The average molecular weight is 190 g/mol. The summed E-state index contributed by atoms with van der Waals surface area (Å²) in [7, 11) is -1.58. The Bertz CT molecular complexity index is 354. The largest absolute Gasteiger partial charge is 0.465 e. The molecule has 0 saturated heterocycles. The van der Waals surface area contributed by atoms with Crippen LogP contribution in [0.1, 0.15) is 10.4 Å². The highest BCUT2D eigenvalue weighted by molar-refractivity contribution is 7.72. The second kappa shape index (κ2) is 3.40. The minimum atomic E-state index is -2.78. The molecule has 0 aliphatic heterocycles. The number of hydrogen-bond donors (Lipinski definition) is 1. The monoisotopic (exact) mass is 190 g/mol. The van der Waals surface area contributed by atoms with Crippen molar-refractivity contribution in [3.8, 4) is 0 Å². The zero-order valence-corrected chi connectivity index (χ0v) is 7.04. The maximum absolute atomic E-state index is 10.8. The smallest absolute Gasteiger partial charge is 0.341 e. The molecule has 0 amide bonds. The van der Waals surface area contributed by atoms with Crippen molar-refractivity contribution in [1.29, 1.82) is 0 Å². The van der Waals surface area contributed by atoms with E-state index in [9.17, 15) is 13.2 Å². The summed E-state index contributed by atoms with van der Waals surface area (Å²) >= 11 is 0. The summed E-state index contributed by atoms with van der Waals surface area (Å²) in [4.78, 5) is 10.8. The lowest BCUT2D eigenvalue weighted by Crippen LogP contribution is -1.98. The lowest BCUT2D eigenvalue weighted by Gasteiger charge is -1.89. The van der Waals surface area contributed by atoms with Crippen LogP contribution in [0, 0.1) is 0 Å². The van der Waals surface area contributed by atoms with Crippen LogP contribution in [0.4, 0.5) is 0 Å². The third-order valence-electron chi connectivity index (χ3n) is 1.19. The summed E-state index contributed by atoms with van der Waals surface area (Å²) in [6.07, 6.45) is 1.03. The van der Waals surface area contributed by atoms with Crippen molar-refractivity contribution in [1.82, 2.24) is 0 Å². The third kappa shape index (κ3) is 1.65. The Hall–Kier alpha value is -1.30. The lowest BCUT2D eigenvalue weighted by atomic mass is 10.3. The number of carbonyl (C=O) groups is 1. The fourth-order valence-electron chi connectivity index (χ4n) is 0.646. The van der Waals surface area contributed by atoms with Gasteiger partial charge in [0.15, 0.2) is 0 Å². The van der Waals surface area contributed by atoms with Crippen molar-refractivity contribution in [2.45, 2.75) is 5.09 Å². The Labute approximate surface area is 69.9 Å². The predicted octanol–water partition coefficient (Wildman–Crippen LogP) is 0.0365. The summed E-state index contributed by atoms with van der Waals surface area (Å²) in [5, 5.41) is -0.245. The molecule has 0 atom stereocenters. The van der Waals surface area contributed by atoms with Gasteiger partial charge in [0.05, 0.1) is 12.7 Å². The molecule has 0 aliphatic rings. The first-order valence-electron chi connectivity index (χ1n) is 2.96. The summed E-state index contributed by atoms with van der Waals surface area (Å²) in [6.45, 7) is 0. The SMILES string of the molecule is COC(=O)c1coc([SH](=O)=O)c1. The standard InChI is InChI=1S/C6H6O5S/c1-10-6(7)4-2-5(11-3-4)12(8)9/h2-3,12H,1H3. The van der Waals surface area contributed by atoms with E-state index in [1.54, 1.807) is 0 Å². The molecular weight excluding hydrogens is 184 g/mol. The van der Waals surface area contributed by atoms with Crippen LogP contribution in [0.3, 0.4) is 0 Å². The van der Waals surface area contributed by atoms with Gasteiger partial charge in [-0.3, -0.25) is 0 Å². The fourth-order valence-corrected chi connectivity index (χ4v) is 1.03. The molecule has 66 valence electrons. The highest BCUT2D eigenvalue weighted by atomic mass is 32.2. The second-order valence-electron chi connectivity index (χ2n) is 1.92. The van der Waals surface area contributed by atoms with Crippen LogP contribution >= 0.6 is 0 Å². The molecule has 0 fully saturated rings. The third-order valence-corrected chi connectivity index (χ3v) is 1.78. The number of carbonyl (C=O) groups excluding carboxylic acids is 1. The molecule has 1 rings (SSSR count). The quantitative estimate of drug-likeness (QED) is 0.526. The van der Waals surface area contributed by atoms with Crippen LogP contribution in [0.25, 0.3) is 0 Å². The van der Waals surface area contributed by atoms with Crippen molar-refractivity contribution in [2.24, 2.45) is 0 Å². The van der Waals surface area contributed by atoms with Gasteiger partial charge in [-0.1, -0.05) is 0 Å². The van der Waals surface area contributed by atoms with Gasteiger partial charge in [-0.25, -0.2) is 13.2 Å². The number of ether oxygens (including phenoxy) is 1. The van der Waals surface area contributed by atoms with Gasteiger partial charge in [-0.15, -0.1) is 0 Å². The van der Waals surface area contributed by atoms with Gasteiger partial charge in [-0.2, -0.15) is 0 Å². The van der Waals surface area contributed by atoms with Gasteiger partial charge in [0.25, 0.3) is 0 Å². The van der Waals surface area contributed by atoms with Crippen LogP contribution in [0.15, 0.2) is 21.8 Å². The zero-order valence-electron chi connectivity index (χ0n) is 6.14. The van der Waals surface area contributed by atoms with Gasteiger partial charge in [0.2, 0.25) is 15.8 Å². The van der Waals surface area contributed by atoms with Gasteiger partial charge >= 0.3 is 5.97 Å². The maximum Gasteiger partial charge on any atom is 0.341 e. The second-order valence-corrected chi connectivity index (χ2v) is 2.88. The molecule has 0 unspecified atom stereocenters. The van der Waals surface area contributed by atoms with E-state index in [2.05, 4.69) is 9.15 Å². The van der Waals surface area contributed by atoms with Crippen molar-refractivity contribution in [3.05, 3.63) is 17.9 Å². The Balaban J connectivity index is 2.99. The molecule has 5 nitrogen and oxygen atoms in total. The molecule has 0 radical (unpaired) electrons. The highest BCUT2D eigenvalue weighted by Gasteiger charge is 2.10. The van der Waals surface area contributed by atoms with Gasteiger partial charge in [-0.05, 0) is 0 Å². The van der Waals surface area contributed by atoms with Gasteiger partial charge in [0, 0.05) is 6.07 Å². The fraction of sp³-hybridized carbons (Fsp3) is 0.167. The Morgan fingerprint density at radius 3 is 2.67 bits per heavy atom. The molecule has 0 spiro atoms. The van der Waals surface area contributed by atoms with Crippen LogP contribution < -0.4 is 0 Å². The Kier molecular flexibility index (Phi) is 2.49. The molecule has 0 aromatic carbocycles. The van der Waals surface area contributed by atoms with E-state index in [1.807, 2.05) is 0 Å². The van der Waals surface area contributed by atoms with Crippen LogP contribution in [-0.2, 0) is 15.4 Å². The van der Waals surface area contributed by atoms with Crippen LogP contribution in [0.2, 0.25) is 0 Å². The molecule has 1 heterocycles. The number of esters is 1. The molecule has 0 saturated carbocycles. The average Bonchev–Trinajstić information content (AvgIpc) is 2.51. The number of methoxy groups -OCH3 is 1. The van der Waals surface area contributed by atoms with E-state index in [0.29, 0.717) is 0 Å². The Morgan fingerprint density at radius 2 is 2.25 bits per heavy atom. The number of furan rings is 1. The highest BCUT2D eigenvalue weighted by Crippen LogP contribution is 2.09. The number of rotatable bonds is 2. The minimum absolute atomic E-state index is 0.0895. The van der Waals surface area contributed by atoms with Crippen molar-refractivity contribution >= 4 is 16.7 Å². The molecule has 1 aromatic rings. The minimum Gasteiger partial charge on any atom is -0.465 e. The molecule has 1 aromatic heterocycles. The predicted molar refractivity (Wildman–Crippen MR) is 38.6 cm³/mol. The first kappa shape index (κ1) is 8.79. The first-order valence-corrected chi connectivity index (χ1v) is 4.14. The van der Waals surface area contributed by atoms with E-state index in [0.717, 1.165) is 12.3 Å². The summed E-state index contributed by atoms with van der Waals surface area (Å²) < 4.78 is 29.5. The lowest BCUT2D eigenvalue weighted by molar-refractivity contribution is 0.0600. The molecule has 12 heavy (non-hydrogen) atoms. The zero-order chi connectivity index (χ0) is 9.14. The van der Waals surface area contributed by atoms with Crippen LogP contribution in [0.5, 0.6) is 0 Å². The molecule has 0 bridgehead atoms. The molecular formula is C6H6O5S. The summed E-state index contributed by atoms with van der Waals surface area (Å²) in [6, 6.07) is 1.11.